The highest BCUT2D eigenvalue weighted by Gasteiger charge is 2.26. The van der Waals surface area contributed by atoms with Crippen molar-refractivity contribution in [2.24, 2.45) is 0 Å². The van der Waals surface area contributed by atoms with Crippen LogP contribution in [-0.4, -0.2) is 23.7 Å². The van der Waals surface area contributed by atoms with E-state index in [0.717, 1.165) is 36.1 Å². The molecule has 0 radical (unpaired) electrons. The summed E-state index contributed by atoms with van der Waals surface area (Å²) in [5.41, 5.74) is 2.22. The molecule has 134 valence electrons. The van der Waals surface area contributed by atoms with Gasteiger partial charge in [0.25, 0.3) is 0 Å². The van der Waals surface area contributed by atoms with Gasteiger partial charge in [0.15, 0.2) is 0 Å². The van der Waals surface area contributed by atoms with E-state index < -0.39 is 5.63 Å². The van der Waals surface area contributed by atoms with E-state index in [4.69, 9.17) is 9.15 Å². The van der Waals surface area contributed by atoms with Crippen molar-refractivity contribution in [3.05, 3.63) is 70.1 Å². The predicted octanol–water partition coefficient (Wildman–Crippen LogP) is 3.84. The summed E-state index contributed by atoms with van der Waals surface area (Å²) >= 11 is 0. The Hall–Kier alpha value is -2.79. The largest absolute Gasteiger partial charge is 0.508 e. The molecule has 1 saturated heterocycles. The highest BCUT2D eigenvalue weighted by Crippen LogP contribution is 2.35. The van der Waals surface area contributed by atoms with Crippen LogP contribution < -0.4 is 10.4 Å². The van der Waals surface area contributed by atoms with Crippen LogP contribution in [0.15, 0.2) is 57.7 Å². The number of rotatable bonds is 4. The van der Waals surface area contributed by atoms with Crippen LogP contribution in [0.3, 0.4) is 0 Å². The molecule has 4 rings (SSSR count). The lowest BCUT2D eigenvalue weighted by atomic mass is 10.0. The van der Waals surface area contributed by atoms with Gasteiger partial charge in [-0.1, -0.05) is 12.1 Å². The van der Waals surface area contributed by atoms with Crippen molar-refractivity contribution in [3.63, 3.8) is 0 Å². The number of hydrogen-bond acceptors (Lipinski definition) is 5. The van der Waals surface area contributed by atoms with E-state index in [-0.39, 0.29) is 5.75 Å². The summed E-state index contributed by atoms with van der Waals surface area (Å²) in [5, 5.41) is 10.5. The minimum atomic E-state index is -0.390. The first-order valence-electron chi connectivity index (χ1n) is 8.78. The van der Waals surface area contributed by atoms with Crippen molar-refractivity contribution in [2.45, 2.75) is 25.4 Å². The summed E-state index contributed by atoms with van der Waals surface area (Å²) in [4.78, 5) is 14.3. The van der Waals surface area contributed by atoms with Gasteiger partial charge < -0.3 is 14.3 Å². The third-order valence-corrected chi connectivity index (χ3v) is 5.05. The molecule has 26 heavy (non-hydrogen) atoms. The molecule has 1 aliphatic rings. The van der Waals surface area contributed by atoms with Crippen molar-refractivity contribution in [1.29, 1.82) is 0 Å². The number of hydrogen-bond donors (Lipinski definition) is 1. The van der Waals surface area contributed by atoms with Gasteiger partial charge in [-0.3, -0.25) is 4.90 Å². The normalized spacial score (nSPS) is 17.7. The number of benzene rings is 2. The second-order valence-electron chi connectivity index (χ2n) is 6.67. The van der Waals surface area contributed by atoms with Crippen LogP contribution in [0.2, 0.25) is 0 Å². The summed E-state index contributed by atoms with van der Waals surface area (Å²) in [5.74, 6) is 0.944. The zero-order valence-corrected chi connectivity index (χ0v) is 14.6. The van der Waals surface area contributed by atoms with Crippen LogP contribution in [0, 0.1) is 0 Å². The van der Waals surface area contributed by atoms with Crippen molar-refractivity contribution >= 4 is 11.0 Å². The van der Waals surface area contributed by atoms with Crippen LogP contribution >= 0.6 is 0 Å². The van der Waals surface area contributed by atoms with Crippen LogP contribution in [0.25, 0.3) is 11.0 Å². The topological polar surface area (TPSA) is 62.9 Å². The average molecular weight is 351 g/mol. The third kappa shape index (κ3) is 3.18. The number of fused-ring (bicyclic) bond motifs is 1. The van der Waals surface area contributed by atoms with E-state index in [1.807, 2.05) is 12.1 Å². The fourth-order valence-electron chi connectivity index (χ4n) is 3.79. The zero-order chi connectivity index (χ0) is 18.1. The molecule has 0 unspecified atom stereocenters. The van der Waals surface area contributed by atoms with E-state index in [2.05, 4.69) is 17.0 Å². The number of phenols is 1. The first-order valence-corrected chi connectivity index (χ1v) is 8.78. The number of ether oxygens (including phenoxy) is 1. The third-order valence-electron chi connectivity index (χ3n) is 5.05. The molecule has 1 fully saturated rings. The van der Waals surface area contributed by atoms with Gasteiger partial charge in [-0.15, -0.1) is 0 Å². The molecule has 3 aromatic rings. The lowest BCUT2D eigenvalue weighted by molar-refractivity contribution is 0.249. The van der Waals surface area contributed by atoms with Crippen molar-refractivity contribution in [3.8, 4) is 11.5 Å². The van der Waals surface area contributed by atoms with E-state index in [0.29, 0.717) is 18.2 Å². The lowest BCUT2D eigenvalue weighted by Crippen LogP contribution is -2.23. The highest BCUT2D eigenvalue weighted by molar-refractivity contribution is 5.81. The molecule has 0 aliphatic carbocycles. The molecule has 0 bridgehead atoms. The predicted molar refractivity (Wildman–Crippen MR) is 99.5 cm³/mol. The molecule has 1 N–H and O–H groups in total. The molecule has 0 saturated carbocycles. The smallest absolute Gasteiger partial charge is 0.336 e. The quantitative estimate of drug-likeness (QED) is 0.724. The van der Waals surface area contributed by atoms with Crippen LogP contribution in [0.4, 0.5) is 0 Å². The van der Waals surface area contributed by atoms with Crippen molar-refractivity contribution in [1.82, 2.24) is 4.90 Å². The summed E-state index contributed by atoms with van der Waals surface area (Å²) in [6.45, 7) is 1.65. The summed E-state index contributed by atoms with van der Waals surface area (Å²) in [6.07, 6.45) is 2.21. The maximum Gasteiger partial charge on any atom is 0.336 e. The van der Waals surface area contributed by atoms with E-state index in [1.54, 1.807) is 25.3 Å². The van der Waals surface area contributed by atoms with E-state index >= 15 is 0 Å². The van der Waals surface area contributed by atoms with Crippen molar-refractivity contribution < 1.29 is 14.3 Å². The van der Waals surface area contributed by atoms with Crippen molar-refractivity contribution in [2.75, 3.05) is 13.7 Å². The number of likely N-dealkylation sites (tertiary alicyclic amines) is 1. The second-order valence-corrected chi connectivity index (χ2v) is 6.67. The van der Waals surface area contributed by atoms with Gasteiger partial charge in [0.05, 0.1) is 7.11 Å². The number of phenolic OH excluding ortho intramolecular Hbond substituents is 1. The molecule has 1 aliphatic heterocycles. The van der Waals surface area contributed by atoms with Gasteiger partial charge in [-0.25, -0.2) is 4.79 Å². The molecule has 5 heteroatoms. The van der Waals surface area contributed by atoms with Gasteiger partial charge >= 0.3 is 5.63 Å². The van der Waals surface area contributed by atoms with E-state index in [9.17, 15) is 9.90 Å². The SMILES string of the molecule is COc1ccc([C@H]2CCCN2Cc2cc(=O)oc3cc(O)ccc23)cc1. The van der Waals surface area contributed by atoms with Crippen LogP contribution in [0.1, 0.15) is 30.0 Å². The summed E-state index contributed by atoms with van der Waals surface area (Å²) < 4.78 is 10.5. The molecular formula is C21H21NO4. The molecular weight excluding hydrogens is 330 g/mol. The molecule has 1 aromatic heterocycles. The first kappa shape index (κ1) is 16.7. The summed E-state index contributed by atoms with van der Waals surface area (Å²) in [6, 6.07) is 15.0. The monoisotopic (exact) mass is 351 g/mol. The second kappa shape index (κ2) is 6.84. The number of methoxy groups -OCH3 is 1. The van der Waals surface area contributed by atoms with Crippen LogP contribution in [0.5, 0.6) is 11.5 Å². The Kier molecular flexibility index (Phi) is 4.39. The van der Waals surface area contributed by atoms with Gasteiger partial charge in [0, 0.05) is 30.1 Å². The minimum absolute atomic E-state index is 0.0927. The Morgan fingerprint density at radius 1 is 1.19 bits per heavy atom. The van der Waals surface area contributed by atoms with Gasteiger partial charge in [-0.05, 0) is 54.8 Å². The number of aromatic hydroxyl groups is 1. The zero-order valence-electron chi connectivity index (χ0n) is 14.6. The lowest BCUT2D eigenvalue weighted by Gasteiger charge is -2.25. The summed E-state index contributed by atoms with van der Waals surface area (Å²) in [7, 11) is 1.67. The van der Waals surface area contributed by atoms with Gasteiger partial charge in [0.2, 0.25) is 0 Å². The minimum Gasteiger partial charge on any atom is -0.508 e. The molecule has 5 nitrogen and oxygen atoms in total. The highest BCUT2D eigenvalue weighted by atomic mass is 16.5. The van der Waals surface area contributed by atoms with Gasteiger partial charge in [0.1, 0.15) is 17.1 Å². The fraction of sp³-hybridized carbons (Fsp3) is 0.286. The number of nitrogens with zero attached hydrogens (tertiary/aromatic N) is 1. The molecule has 1 atom stereocenters. The maximum absolute atomic E-state index is 11.9. The molecule has 2 heterocycles. The maximum atomic E-state index is 11.9. The Bertz CT molecular complexity index is 977. The Balaban J connectivity index is 1.65. The van der Waals surface area contributed by atoms with E-state index in [1.165, 1.54) is 11.6 Å². The van der Waals surface area contributed by atoms with Gasteiger partial charge in [-0.2, -0.15) is 0 Å². The molecule has 2 aromatic carbocycles. The Labute approximate surface area is 151 Å². The first-order chi connectivity index (χ1) is 12.6. The Morgan fingerprint density at radius 2 is 2.00 bits per heavy atom. The average Bonchev–Trinajstić information content (AvgIpc) is 3.09. The van der Waals surface area contributed by atoms with Crippen LogP contribution in [-0.2, 0) is 6.54 Å². The molecule has 0 amide bonds. The fourth-order valence-corrected chi connectivity index (χ4v) is 3.79. The standard InChI is InChI=1S/C21H21NO4/c1-25-17-7-4-14(5-8-17)19-3-2-10-22(19)13-15-11-21(24)26-20-12-16(23)6-9-18(15)20/h4-9,11-12,19,23H,2-3,10,13H2,1H3/t19-/m1/s1. The molecule has 0 spiro atoms. The Morgan fingerprint density at radius 3 is 2.77 bits per heavy atom.